The van der Waals surface area contributed by atoms with Crippen LogP contribution in [0.5, 0.6) is 5.75 Å². The lowest BCUT2D eigenvalue weighted by atomic mass is 10.1. The highest BCUT2D eigenvalue weighted by molar-refractivity contribution is 5.95. The number of nitrogens with zero attached hydrogens (tertiary/aromatic N) is 1. The molecular weight excluding hydrogens is 372 g/mol. The van der Waals surface area contributed by atoms with Crippen molar-refractivity contribution in [3.05, 3.63) is 59.7 Å². The molecule has 0 unspecified atom stereocenters. The molecule has 0 radical (unpaired) electrons. The maximum absolute atomic E-state index is 12.2. The van der Waals surface area contributed by atoms with Gasteiger partial charge in [0.2, 0.25) is 11.8 Å². The van der Waals surface area contributed by atoms with Crippen molar-refractivity contribution in [2.75, 3.05) is 32.2 Å². The first kappa shape index (κ1) is 21.9. The Morgan fingerprint density at radius 1 is 1.03 bits per heavy atom. The van der Waals surface area contributed by atoms with Crippen molar-refractivity contribution in [3.63, 3.8) is 0 Å². The summed E-state index contributed by atoms with van der Waals surface area (Å²) in [5.74, 6) is -0.0445. The SMILES string of the molecule is COC(=O)c1cccc(N(CCC(=O)NCCc2ccc(OC)cc2)C(C)=O)c1. The van der Waals surface area contributed by atoms with E-state index in [-0.39, 0.29) is 24.8 Å². The molecule has 2 aromatic rings. The second-order valence-electron chi connectivity index (χ2n) is 6.41. The fraction of sp³-hybridized carbons (Fsp3) is 0.318. The van der Waals surface area contributed by atoms with Crippen LogP contribution < -0.4 is 15.0 Å². The molecule has 0 aliphatic carbocycles. The molecule has 0 spiro atoms. The lowest BCUT2D eigenvalue weighted by Crippen LogP contribution is -2.34. The van der Waals surface area contributed by atoms with Crippen LogP contribution in [0.1, 0.15) is 29.3 Å². The van der Waals surface area contributed by atoms with Gasteiger partial charge in [0.25, 0.3) is 0 Å². The van der Waals surface area contributed by atoms with Crippen LogP contribution in [0.4, 0.5) is 5.69 Å². The van der Waals surface area contributed by atoms with E-state index in [1.807, 2.05) is 24.3 Å². The van der Waals surface area contributed by atoms with Crippen LogP contribution >= 0.6 is 0 Å². The quantitative estimate of drug-likeness (QED) is 0.657. The Morgan fingerprint density at radius 2 is 1.76 bits per heavy atom. The largest absolute Gasteiger partial charge is 0.497 e. The third-order valence-corrected chi connectivity index (χ3v) is 4.42. The predicted molar refractivity (Wildman–Crippen MR) is 110 cm³/mol. The minimum Gasteiger partial charge on any atom is -0.497 e. The Hall–Kier alpha value is -3.35. The second kappa shape index (κ2) is 10.8. The monoisotopic (exact) mass is 398 g/mol. The molecule has 7 heteroatoms. The number of methoxy groups -OCH3 is 2. The average Bonchev–Trinajstić information content (AvgIpc) is 2.73. The smallest absolute Gasteiger partial charge is 0.337 e. The van der Waals surface area contributed by atoms with Gasteiger partial charge in [-0.05, 0) is 42.3 Å². The maximum atomic E-state index is 12.2. The van der Waals surface area contributed by atoms with Crippen LogP contribution in [0, 0.1) is 0 Å². The van der Waals surface area contributed by atoms with E-state index in [9.17, 15) is 14.4 Å². The Bertz CT molecular complexity index is 849. The number of benzene rings is 2. The van der Waals surface area contributed by atoms with E-state index < -0.39 is 5.97 Å². The third-order valence-electron chi connectivity index (χ3n) is 4.42. The van der Waals surface area contributed by atoms with E-state index in [0.717, 1.165) is 11.3 Å². The van der Waals surface area contributed by atoms with Crippen molar-refractivity contribution in [1.82, 2.24) is 5.32 Å². The molecule has 0 bridgehead atoms. The summed E-state index contributed by atoms with van der Waals surface area (Å²) in [6, 6.07) is 14.2. The highest BCUT2D eigenvalue weighted by Gasteiger charge is 2.15. The molecule has 7 nitrogen and oxygen atoms in total. The third kappa shape index (κ3) is 6.64. The molecule has 2 rings (SSSR count). The first-order valence-electron chi connectivity index (χ1n) is 9.30. The van der Waals surface area contributed by atoms with Gasteiger partial charge in [0, 0.05) is 32.1 Å². The summed E-state index contributed by atoms with van der Waals surface area (Å²) < 4.78 is 9.83. The lowest BCUT2D eigenvalue weighted by Gasteiger charge is -2.21. The van der Waals surface area contributed by atoms with E-state index in [1.54, 1.807) is 31.4 Å². The van der Waals surface area contributed by atoms with E-state index >= 15 is 0 Å². The number of esters is 1. The molecule has 0 fully saturated rings. The number of anilines is 1. The van der Waals surface area contributed by atoms with Crippen molar-refractivity contribution >= 4 is 23.5 Å². The highest BCUT2D eigenvalue weighted by atomic mass is 16.5. The predicted octanol–water partition coefficient (Wildman–Crippen LogP) is 2.58. The molecule has 2 aromatic carbocycles. The van der Waals surface area contributed by atoms with Crippen LogP contribution in [0.25, 0.3) is 0 Å². The van der Waals surface area contributed by atoms with Gasteiger partial charge in [0.1, 0.15) is 5.75 Å². The highest BCUT2D eigenvalue weighted by Crippen LogP contribution is 2.18. The van der Waals surface area contributed by atoms with Crippen molar-refractivity contribution in [3.8, 4) is 5.75 Å². The lowest BCUT2D eigenvalue weighted by molar-refractivity contribution is -0.121. The van der Waals surface area contributed by atoms with Gasteiger partial charge in [-0.1, -0.05) is 18.2 Å². The molecule has 1 N–H and O–H groups in total. The molecule has 29 heavy (non-hydrogen) atoms. The fourth-order valence-corrected chi connectivity index (χ4v) is 2.83. The first-order chi connectivity index (χ1) is 13.9. The summed E-state index contributed by atoms with van der Waals surface area (Å²) in [7, 11) is 2.92. The van der Waals surface area contributed by atoms with Crippen molar-refractivity contribution in [1.29, 1.82) is 0 Å². The van der Waals surface area contributed by atoms with E-state index in [0.29, 0.717) is 24.2 Å². The first-order valence-corrected chi connectivity index (χ1v) is 9.30. The van der Waals surface area contributed by atoms with Gasteiger partial charge in [-0.25, -0.2) is 4.79 Å². The Kier molecular flexibility index (Phi) is 8.21. The van der Waals surface area contributed by atoms with Gasteiger partial charge >= 0.3 is 5.97 Å². The van der Waals surface area contributed by atoms with Crippen molar-refractivity contribution in [2.24, 2.45) is 0 Å². The number of ether oxygens (including phenoxy) is 2. The van der Waals surface area contributed by atoms with Crippen LogP contribution in [-0.4, -0.2) is 45.1 Å². The Morgan fingerprint density at radius 3 is 2.38 bits per heavy atom. The van der Waals surface area contributed by atoms with Crippen LogP contribution in [0.15, 0.2) is 48.5 Å². The summed E-state index contributed by atoms with van der Waals surface area (Å²) in [6.07, 6.45) is 0.859. The summed E-state index contributed by atoms with van der Waals surface area (Å²) >= 11 is 0. The van der Waals surface area contributed by atoms with Gasteiger partial charge in [0.15, 0.2) is 0 Å². The zero-order valence-electron chi connectivity index (χ0n) is 16.9. The average molecular weight is 398 g/mol. The molecular formula is C22H26N2O5. The number of hydrogen-bond donors (Lipinski definition) is 1. The molecule has 0 aromatic heterocycles. The number of carbonyl (C=O) groups excluding carboxylic acids is 3. The molecule has 2 amide bonds. The van der Waals surface area contributed by atoms with Gasteiger partial charge in [-0.3, -0.25) is 9.59 Å². The van der Waals surface area contributed by atoms with Gasteiger partial charge in [-0.2, -0.15) is 0 Å². The zero-order valence-corrected chi connectivity index (χ0v) is 16.9. The van der Waals surface area contributed by atoms with Gasteiger partial charge < -0.3 is 19.7 Å². The second-order valence-corrected chi connectivity index (χ2v) is 6.41. The molecule has 0 saturated heterocycles. The topological polar surface area (TPSA) is 84.9 Å². The molecule has 154 valence electrons. The fourth-order valence-electron chi connectivity index (χ4n) is 2.83. The Labute approximate surface area is 170 Å². The van der Waals surface area contributed by atoms with Crippen LogP contribution in [0.3, 0.4) is 0 Å². The number of amides is 2. The summed E-state index contributed by atoms with van der Waals surface area (Å²) in [4.78, 5) is 37.4. The van der Waals surface area contributed by atoms with Gasteiger partial charge in [0.05, 0.1) is 19.8 Å². The van der Waals surface area contributed by atoms with Crippen molar-refractivity contribution in [2.45, 2.75) is 19.8 Å². The number of hydrogen-bond acceptors (Lipinski definition) is 5. The van der Waals surface area contributed by atoms with Gasteiger partial charge in [-0.15, -0.1) is 0 Å². The standard InChI is InChI=1S/C22H26N2O5/c1-16(25)24(19-6-4-5-18(15-19)22(27)29-3)14-12-21(26)23-13-11-17-7-9-20(28-2)10-8-17/h4-10,15H,11-14H2,1-3H3,(H,23,26). The summed E-state index contributed by atoms with van der Waals surface area (Å²) in [6.45, 7) is 2.14. The van der Waals surface area contributed by atoms with Crippen LogP contribution in [-0.2, 0) is 20.7 Å². The summed E-state index contributed by atoms with van der Waals surface area (Å²) in [5.41, 5.74) is 1.99. The normalized spacial score (nSPS) is 10.2. The zero-order chi connectivity index (χ0) is 21.2. The number of nitrogens with one attached hydrogen (secondary N) is 1. The van der Waals surface area contributed by atoms with E-state index in [4.69, 9.17) is 9.47 Å². The van der Waals surface area contributed by atoms with E-state index in [1.165, 1.54) is 18.9 Å². The number of carbonyl (C=O) groups is 3. The molecule has 0 heterocycles. The summed E-state index contributed by atoms with van der Waals surface area (Å²) in [5, 5.41) is 2.86. The minimum atomic E-state index is -0.480. The minimum absolute atomic E-state index is 0.145. The maximum Gasteiger partial charge on any atom is 0.337 e. The molecule has 0 aliphatic rings. The molecule has 0 saturated carbocycles. The van der Waals surface area contributed by atoms with Crippen molar-refractivity contribution < 1.29 is 23.9 Å². The number of rotatable bonds is 9. The molecule has 0 aliphatic heterocycles. The van der Waals surface area contributed by atoms with Crippen LogP contribution in [0.2, 0.25) is 0 Å². The van der Waals surface area contributed by atoms with E-state index in [2.05, 4.69) is 5.32 Å². The molecule has 0 atom stereocenters. The Balaban J connectivity index is 1.87.